The van der Waals surface area contributed by atoms with Gasteiger partial charge in [-0.25, -0.2) is 4.79 Å². The Bertz CT molecular complexity index is 467. The minimum absolute atomic E-state index is 0.122. The normalized spacial score (nSPS) is 23.8. The Morgan fingerprint density at radius 1 is 1.35 bits per heavy atom. The summed E-state index contributed by atoms with van der Waals surface area (Å²) in [5.74, 6) is -0.308. The van der Waals surface area contributed by atoms with E-state index in [0.717, 1.165) is 18.7 Å². The third kappa shape index (κ3) is 2.80. The predicted molar refractivity (Wildman–Crippen MR) is 79.0 cm³/mol. The first-order chi connectivity index (χ1) is 9.48. The van der Waals surface area contributed by atoms with E-state index in [2.05, 4.69) is 23.9 Å². The molecule has 0 heterocycles. The Hall–Kier alpha value is -1.55. The van der Waals surface area contributed by atoms with Crippen LogP contribution in [0, 0.1) is 5.41 Å². The van der Waals surface area contributed by atoms with Crippen molar-refractivity contribution in [3.63, 3.8) is 0 Å². The highest BCUT2D eigenvalue weighted by Crippen LogP contribution is 2.44. The van der Waals surface area contributed by atoms with E-state index in [-0.39, 0.29) is 11.4 Å². The largest absolute Gasteiger partial charge is 0.465 e. The van der Waals surface area contributed by atoms with Crippen molar-refractivity contribution in [2.24, 2.45) is 5.41 Å². The molecule has 0 bridgehead atoms. The number of nitrogens with one attached hydrogen (secondary N) is 1. The fraction of sp³-hybridized carbons (Fsp3) is 0.562. The molecule has 1 saturated carbocycles. The second-order valence-electron chi connectivity index (χ2n) is 5.77. The van der Waals surface area contributed by atoms with Crippen LogP contribution in [-0.2, 0) is 9.47 Å². The zero-order valence-corrected chi connectivity index (χ0v) is 12.6. The maximum absolute atomic E-state index is 11.4. The molecule has 2 unspecified atom stereocenters. The first-order valence-electron chi connectivity index (χ1n) is 7.05. The zero-order valence-electron chi connectivity index (χ0n) is 12.6. The van der Waals surface area contributed by atoms with Crippen LogP contribution in [0.3, 0.4) is 0 Å². The second-order valence-corrected chi connectivity index (χ2v) is 5.77. The van der Waals surface area contributed by atoms with Crippen LogP contribution in [0.2, 0.25) is 0 Å². The van der Waals surface area contributed by atoms with Crippen molar-refractivity contribution >= 4 is 11.7 Å². The van der Waals surface area contributed by atoms with Crippen LogP contribution < -0.4 is 5.32 Å². The molecule has 1 aromatic carbocycles. The van der Waals surface area contributed by atoms with E-state index in [4.69, 9.17) is 4.74 Å². The first kappa shape index (κ1) is 14.9. The van der Waals surface area contributed by atoms with Crippen molar-refractivity contribution < 1.29 is 14.3 Å². The molecule has 1 aromatic rings. The number of rotatable bonds is 5. The molecule has 0 amide bonds. The summed E-state index contributed by atoms with van der Waals surface area (Å²) >= 11 is 0. The molecular formula is C16H23NO3. The second kappa shape index (κ2) is 5.83. The van der Waals surface area contributed by atoms with Gasteiger partial charge in [-0.15, -0.1) is 0 Å². The minimum Gasteiger partial charge on any atom is -0.465 e. The maximum Gasteiger partial charge on any atom is 0.337 e. The summed E-state index contributed by atoms with van der Waals surface area (Å²) in [6.45, 7) is 7.23. The molecule has 0 aliphatic heterocycles. The lowest BCUT2D eigenvalue weighted by Crippen LogP contribution is -2.58. The lowest BCUT2D eigenvalue weighted by atomic mass is 9.64. The van der Waals surface area contributed by atoms with E-state index in [0.29, 0.717) is 17.7 Å². The van der Waals surface area contributed by atoms with Gasteiger partial charge >= 0.3 is 5.97 Å². The van der Waals surface area contributed by atoms with Crippen LogP contribution in [0.15, 0.2) is 24.3 Å². The Morgan fingerprint density at radius 3 is 2.50 bits per heavy atom. The third-order valence-corrected chi connectivity index (χ3v) is 4.19. The average molecular weight is 277 g/mol. The highest BCUT2D eigenvalue weighted by atomic mass is 16.5. The number of anilines is 1. The van der Waals surface area contributed by atoms with Crippen LogP contribution in [0.5, 0.6) is 0 Å². The van der Waals surface area contributed by atoms with Gasteiger partial charge in [-0.1, -0.05) is 13.8 Å². The highest BCUT2D eigenvalue weighted by molar-refractivity contribution is 5.89. The van der Waals surface area contributed by atoms with Gasteiger partial charge in [-0.05, 0) is 37.6 Å². The number of ether oxygens (including phenoxy) is 2. The number of carbonyl (C=O) groups excluding carboxylic acids is 1. The number of benzene rings is 1. The highest BCUT2D eigenvalue weighted by Gasteiger charge is 2.48. The fourth-order valence-electron chi connectivity index (χ4n) is 2.64. The molecule has 4 heteroatoms. The van der Waals surface area contributed by atoms with Crippen molar-refractivity contribution in [3.8, 4) is 0 Å². The zero-order chi connectivity index (χ0) is 14.8. The molecule has 2 rings (SSSR count). The molecule has 1 fully saturated rings. The van der Waals surface area contributed by atoms with Gasteiger partial charge in [0.25, 0.3) is 0 Å². The van der Waals surface area contributed by atoms with Crippen LogP contribution >= 0.6 is 0 Å². The van der Waals surface area contributed by atoms with Crippen LogP contribution in [0.4, 0.5) is 5.69 Å². The molecule has 1 aliphatic carbocycles. The Morgan fingerprint density at radius 2 is 2.00 bits per heavy atom. The quantitative estimate of drug-likeness (QED) is 0.840. The number of hydrogen-bond donors (Lipinski definition) is 1. The summed E-state index contributed by atoms with van der Waals surface area (Å²) in [5.41, 5.74) is 1.71. The molecule has 20 heavy (non-hydrogen) atoms. The van der Waals surface area contributed by atoms with Crippen molar-refractivity contribution in [2.75, 3.05) is 19.0 Å². The molecule has 2 atom stereocenters. The number of hydrogen-bond acceptors (Lipinski definition) is 4. The molecule has 0 saturated heterocycles. The van der Waals surface area contributed by atoms with E-state index >= 15 is 0 Å². The van der Waals surface area contributed by atoms with Crippen LogP contribution in [-0.4, -0.2) is 31.8 Å². The summed E-state index contributed by atoms with van der Waals surface area (Å²) < 4.78 is 10.4. The first-order valence-corrected chi connectivity index (χ1v) is 7.05. The monoisotopic (exact) mass is 277 g/mol. The van der Waals surface area contributed by atoms with Gasteiger partial charge in [-0.3, -0.25) is 0 Å². The smallest absolute Gasteiger partial charge is 0.337 e. The Kier molecular flexibility index (Phi) is 4.33. The Balaban J connectivity index is 1.96. The summed E-state index contributed by atoms with van der Waals surface area (Å²) in [6, 6.07) is 7.77. The maximum atomic E-state index is 11.4. The van der Waals surface area contributed by atoms with Crippen molar-refractivity contribution in [3.05, 3.63) is 29.8 Å². The van der Waals surface area contributed by atoms with Gasteiger partial charge in [0.2, 0.25) is 0 Å². The average Bonchev–Trinajstić information content (AvgIpc) is 2.46. The molecule has 4 nitrogen and oxygen atoms in total. The van der Waals surface area contributed by atoms with E-state index in [1.54, 1.807) is 12.1 Å². The molecule has 0 aromatic heterocycles. The molecule has 1 aliphatic rings. The summed E-state index contributed by atoms with van der Waals surface area (Å²) in [4.78, 5) is 11.4. The molecule has 1 N–H and O–H groups in total. The molecular weight excluding hydrogens is 254 g/mol. The van der Waals surface area contributed by atoms with E-state index in [1.165, 1.54) is 7.11 Å². The van der Waals surface area contributed by atoms with Crippen molar-refractivity contribution in [2.45, 2.75) is 39.3 Å². The Labute approximate surface area is 120 Å². The standard InChI is InChI=1S/C16H23NO3/c1-5-20-14-10-13(16(14,2)3)17-12-8-6-11(7-9-12)15(18)19-4/h6-9,13-14,17H,5,10H2,1-4H3. The van der Waals surface area contributed by atoms with Gasteiger partial charge in [0.05, 0.1) is 18.8 Å². The van der Waals surface area contributed by atoms with Crippen molar-refractivity contribution in [1.82, 2.24) is 0 Å². The summed E-state index contributed by atoms with van der Waals surface area (Å²) in [5, 5.41) is 3.51. The van der Waals surface area contributed by atoms with Gasteiger partial charge < -0.3 is 14.8 Å². The van der Waals surface area contributed by atoms with Crippen LogP contribution in [0.25, 0.3) is 0 Å². The van der Waals surface area contributed by atoms with Crippen molar-refractivity contribution in [1.29, 1.82) is 0 Å². The van der Waals surface area contributed by atoms with Crippen LogP contribution in [0.1, 0.15) is 37.6 Å². The number of esters is 1. The summed E-state index contributed by atoms with van der Waals surface area (Å²) in [6.07, 6.45) is 1.33. The number of carbonyl (C=O) groups is 1. The lowest BCUT2D eigenvalue weighted by Gasteiger charge is -2.52. The fourth-order valence-corrected chi connectivity index (χ4v) is 2.64. The molecule has 0 radical (unpaired) electrons. The minimum atomic E-state index is -0.308. The van der Waals surface area contributed by atoms with Gasteiger partial charge in [0, 0.05) is 23.8 Å². The third-order valence-electron chi connectivity index (χ3n) is 4.19. The number of methoxy groups -OCH3 is 1. The van der Waals surface area contributed by atoms with E-state index in [9.17, 15) is 4.79 Å². The van der Waals surface area contributed by atoms with Gasteiger partial charge in [0.15, 0.2) is 0 Å². The summed E-state index contributed by atoms with van der Waals surface area (Å²) in [7, 11) is 1.39. The van der Waals surface area contributed by atoms with Gasteiger partial charge in [-0.2, -0.15) is 0 Å². The van der Waals surface area contributed by atoms with E-state index in [1.807, 2.05) is 19.1 Å². The van der Waals surface area contributed by atoms with E-state index < -0.39 is 0 Å². The topological polar surface area (TPSA) is 47.6 Å². The lowest BCUT2D eigenvalue weighted by molar-refractivity contribution is -0.0975. The van der Waals surface area contributed by atoms with Gasteiger partial charge in [0.1, 0.15) is 0 Å². The SMILES string of the molecule is CCOC1CC(Nc2ccc(C(=O)OC)cc2)C1(C)C. The molecule has 0 spiro atoms. The molecule has 110 valence electrons. The predicted octanol–water partition coefficient (Wildman–Crippen LogP) is 3.09.